The first kappa shape index (κ1) is 14.4. The van der Waals surface area contributed by atoms with Crippen molar-refractivity contribution in [3.05, 3.63) is 41.1 Å². The van der Waals surface area contributed by atoms with Gasteiger partial charge in [0.05, 0.1) is 13.7 Å². The number of ether oxygens (including phenoxy) is 2. The van der Waals surface area contributed by atoms with E-state index >= 15 is 0 Å². The zero-order valence-electron chi connectivity index (χ0n) is 12.7. The molecule has 116 valence electrons. The van der Waals surface area contributed by atoms with Crippen LogP contribution in [0.15, 0.2) is 24.3 Å². The zero-order valence-corrected chi connectivity index (χ0v) is 12.7. The summed E-state index contributed by atoms with van der Waals surface area (Å²) in [6, 6.07) is 7.77. The lowest BCUT2D eigenvalue weighted by Crippen LogP contribution is -2.28. The predicted octanol–water partition coefficient (Wildman–Crippen LogP) is 2.20. The maximum Gasteiger partial charge on any atom is 0.345 e. The number of aromatic nitrogens is 2. The lowest BCUT2D eigenvalue weighted by molar-refractivity contribution is -0.145. The number of fused-ring (bicyclic) bond motifs is 1. The second-order valence-electron chi connectivity index (χ2n) is 5.48. The van der Waals surface area contributed by atoms with E-state index in [1.165, 1.54) is 0 Å². The molecule has 1 N–H and O–H groups in total. The average molecular weight is 302 g/mol. The Morgan fingerprint density at radius 2 is 2.09 bits per heavy atom. The van der Waals surface area contributed by atoms with Gasteiger partial charge in [-0.1, -0.05) is 19.1 Å². The monoisotopic (exact) mass is 302 g/mol. The fourth-order valence-corrected chi connectivity index (χ4v) is 2.84. The van der Waals surface area contributed by atoms with Crippen LogP contribution in [0.4, 0.5) is 0 Å². The van der Waals surface area contributed by atoms with Gasteiger partial charge >= 0.3 is 5.97 Å². The first-order valence-corrected chi connectivity index (χ1v) is 7.11. The topological polar surface area (TPSA) is 73.6 Å². The summed E-state index contributed by atoms with van der Waals surface area (Å²) in [5.41, 5.74) is 2.93. The standard InChI is InChI=1S/C16H18N2O4/c1-9-13-10(2)18(17-15(13)22-14(9)16(19)20)8-11-4-6-12(21-3)7-5-11/h4-7,9,14H,8H2,1-3H3,(H,19,20). The van der Waals surface area contributed by atoms with Crippen molar-refractivity contribution < 1.29 is 19.4 Å². The zero-order chi connectivity index (χ0) is 15.9. The molecule has 0 spiro atoms. The molecule has 0 aliphatic carbocycles. The third-order valence-corrected chi connectivity index (χ3v) is 4.10. The lowest BCUT2D eigenvalue weighted by atomic mass is 9.98. The van der Waals surface area contributed by atoms with E-state index in [1.807, 2.05) is 42.8 Å². The highest BCUT2D eigenvalue weighted by molar-refractivity contribution is 5.75. The van der Waals surface area contributed by atoms with E-state index in [9.17, 15) is 4.79 Å². The number of aliphatic carboxylic acids is 1. The first-order valence-electron chi connectivity index (χ1n) is 7.11. The van der Waals surface area contributed by atoms with E-state index in [0.717, 1.165) is 22.6 Å². The van der Waals surface area contributed by atoms with E-state index in [4.69, 9.17) is 14.6 Å². The minimum absolute atomic E-state index is 0.197. The van der Waals surface area contributed by atoms with E-state index < -0.39 is 12.1 Å². The quantitative estimate of drug-likeness (QED) is 0.937. The van der Waals surface area contributed by atoms with Crippen LogP contribution in [0.2, 0.25) is 0 Å². The Morgan fingerprint density at radius 3 is 2.64 bits per heavy atom. The van der Waals surface area contributed by atoms with Crippen molar-refractivity contribution in [1.82, 2.24) is 9.78 Å². The molecule has 2 aromatic rings. The largest absolute Gasteiger partial charge is 0.497 e. The Bertz CT molecular complexity index is 706. The first-order chi connectivity index (χ1) is 10.5. The third kappa shape index (κ3) is 2.30. The SMILES string of the molecule is COc1ccc(Cn2nc3c(c2C)C(C)C(C(=O)O)O3)cc1. The van der Waals surface area contributed by atoms with Gasteiger partial charge in [0.1, 0.15) is 5.75 Å². The highest BCUT2D eigenvalue weighted by Crippen LogP contribution is 2.39. The van der Waals surface area contributed by atoms with Crippen molar-refractivity contribution in [1.29, 1.82) is 0 Å². The molecule has 0 fully saturated rings. The molecule has 1 aliphatic heterocycles. The summed E-state index contributed by atoms with van der Waals surface area (Å²) in [6.07, 6.45) is -0.841. The van der Waals surface area contributed by atoms with Crippen LogP contribution in [0.1, 0.15) is 29.7 Å². The molecule has 2 unspecified atom stereocenters. The fourth-order valence-electron chi connectivity index (χ4n) is 2.84. The van der Waals surface area contributed by atoms with Gasteiger partial charge in [-0.3, -0.25) is 4.68 Å². The predicted molar refractivity (Wildman–Crippen MR) is 79.5 cm³/mol. The molecule has 22 heavy (non-hydrogen) atoms. The van der Waals surface area contributed by atoms with Crippen molar-refractivity contribution in [2.45, 2.75) is 32.4 Å². The number of benzene rings is 1. The second kappa shape index (κ2) is 5.36. The molecule has 2 heterocycles. The number of rotatable bonds is 4. The van der Waals surface area contributed by atoms with Crippen LogP contribution in [-0.4, -0.2) is 34.1 Å². The Balaban J connectivity index is 1.84. The van der Waals surface area contributed by atoms with Crippen LogP contribution in [0, 0.1) is 6.92 Å². The summed E-state index contributed by atoms with van der Waals surface area (Å²) in [6.45, 7) is 4.41. The minimum Gasteiger partial charge on any atom is -0.497 e. The number of carboxylic acids is 1. The van der Waals surface area contributed by atoms with Gasteiger partial charge in [0.15, 0.2) is 0 Å². The minimum atomic E-state index is -0.952. The van der Waals surface area contributed by atoms with Crippen LogP contribution in [-0.2, 0) is 11.3 Å². The van der Waals surface area contributed by atoms with Gasteiger partial charge in [-0.05, 0) is 24.6 Å². The van der Waals surface area contributed by atoms with Crippen LogP contribution in [0.25, 0.3) is 0 Å². The average Bonchev–Trinajstić information content (AvgIpc) is 2.98. The van der Waals surface area contributed by atoms with Crippen LogP contribution >= 0.6 is 0 Å². The Hall–Kier alpha value is -2.50. The molecule has 0 amide bonds. The van der Waals surface area contributed by atoms with Gasteiger partial charge in [-0.2, -0.15) is 0 Å². The van der Waals surface area contributed by atoms with Gasteiger partial charge in [0.2, 0.25) is 12.0 Å². The van der Waals surface area contributed by atoms with Gasteiger partial charge in [-0.25, -0.2) is 4.79 Å². The third-order valence-electron chi connectivity index (χ3n) is 4.10. The Labute approximate surface area is 128 Å². The lowest BCUT2D eigenvalue weighted by Gasteiger charge is -2.13. The molecule has 0 saturated heterocycles. The summed E-state index contributed by atoms with van der Waals surface area (Å²) in [7, 11) is 1.63. The molecule has 1 aliphatic rings. The molecular formula is C16H18N2O4. The molecule has 0 bridgehead atoms. The summed E-state index contributed by atoms with van der Waals surface area (Å²) in [5, 5.41) is 13.6. The number of hydrogen-bond donors (Lipinski definition) is 1. The van der Waals surface area contributed by atoms with E-state index in [0.29, 0.717) is 12.4 Å². The van der Waals surface area contributed by atoms with Gasteiger partial charge < -0.3 is 14.6 Å². The summed E-state index contributed by atoms with van der Waals surface area (Å²) in [4.78, 5) is 11.2. The number of nitrogens with zero attached hydrogens (tertiary/aromatic N) is 2. The van der Waals surface area contributed by atoms with Gasteiger partial charge in [-0.15, -0.1) is 5.10 Å². The van der Waals surface area contributed by atoms with Crippen molar-refractivity contribution in [3.8, 4) is 11.6 Å². The molecule has 6 heteroatoms. The molecule has 1 aromatic heterocycles. The number of methoxy groups -OCH3 is 1. The van der Waals surface area contributed by atoms with Crippen molar-refractivity contribution in [3.63, 3.8) is 0 Å². The van der Waals surface area contributed by atoms with Crippen LogP contribution in [0.3, 0.4) is 0 Å². The van der Waals surface area contributed by atoms with E-state index in [-0.39, 0.29) is 5.92 Å². The molecule has 0 radical (unpaired) electrons. The number of carboxylic acid groups (broad SMARTS) is 1. The highest BCUT2D eigenvalue weighted by Gasteiger charge is 2.40. The molecular weight excluding hydrogens is 284 g/mol. The highest BCUT2D eigenvalue weighted by atomic mass is 16.5. The molecule has 1 aromatic carbocycles. The Kier molecular flexibility index (Phi) is 3.52. The number of hydrogen-bond acceptors (Lipinski definition) is 4. The summed E-state index contributed by atoms with van der Waals surface area (Å²) < 4.78 is 12.5. The molecule has 2 atom stereocenters. The Morgan fingerprint density at radius 1 is 1.41 bits per heavy atom. The summed E-state index contributed by atoms with van der Waals surface area (Å²) in [5.74, 6) is 0.0966. The molecule has 3 rings (SSSR count). The van der Waals surface area contributed by atoms with Crippen LogP contribution < -0.4 is 9.47 Å². The van der Waals surface area contributed by atoms with Crippen molar-refractivity contribution in [2.24, 2.45) is 0 Å². The normalized spacial score (nSPS) is 19.6. The van der Waals surface area contributed by atoms with Gasteiger partial charge in [0.25, 0.3) is 0 Å². The molecule has 0 saturated carbocycles. The van der Waals surface area contributed by atoms with Crippen molar-refractivity contribution >= 4 is 5.97 Å². The van der Waals surface area contributed by atoms with E-state index in [1.54, 1.807) is 7.11 Å². The molecule has 6 nitrogen and oxygen atoms in total. The smallest absolute Gasteiger partial charge is 0.345 e. The fraction of sp³-hybridized carbons (Fsp3) is 0.375. The van der Waals surface area contributed by atoms with Gasteiger partial charge in [0, 0.05) is 17.2 Å². The summed E-state index contributed by atoms with van der Waals surface area (Å²) >= 11 is 0. The number of carbonyl (C=O) groups is 1. The maximum atomic E-state index is 11.2. The van der Waals surface area contributed by atoms with Crippen molar-refractivity contribution in [2.75, 3.05) is 7.11 Å². The maximum absolute atomic E-state index is 11.2. The van der Waals surface area contributed by atoms with Crippen LogP contribution in [0.5, 0.6) is 11.6 Å². The van der Waals surface area contributed by atoms with E-state index in [2.05, 4.69) is 5.10 Å². The second-order valence-corrected chi connectivity index (χ2v) is 5.48.